The number of Topliss-reactive ketones (excluding diaryl/α,β-unsaturated/α-hetero) is 1. The van der Waals surface area contributed by atoms with Crippen LogP contribution in [0.15, 0.2) is 6.20 Å². The van der Waals surface area contributed by atoms with Crippen LogP contribution in [0.1, 0.15) is 30.3 Å². The Morgan fingerprint density at radius 3 is 2.79 bits per heavy atom. The summed E-state index contributed by atoms with van der Waals surface area (Å²) < 4.78 is 1.47. The maximum absolute atomic E-state index is 12.0. The van der Waals surface area contributed by atoms with E-state index in [4.69, 9.17) is 5.73 Å². The summed E-state index contributed by atoms with van der Waals surface area (Å²) in [5.41, 5.74) is 5.74. The van der Waals surface area contributed by atoms with Crippen LogP contribution in [-0.4, -0.2) is 26.3 Å². The van der Waals surface area contributed by atoms with E-state index in [2.05, 4.69) is 10.3 Å². The molecule has 0 aliphatic heterocycles. The summed E-state index contributed by atoms with van der Waals surface area (Å²) in [5.74, 6) is 0.261. The van der Waals surface area contributed by atoms with Crippen LogP contribution >= 0.6 is 0 Å². The predicted molar refractivity (Wildman–Crippen MR) is 50.6 cm³/mol. The Bertz CT molecular complexity index is 365. The first-order chi connectivity index (χ1) is 6.53. The van der Waals surface area contributed by atoms with Gasteiger partial charge in [0.2, 0.25) is 5.78 Å². The van der Waals surface area contributed by atoms with Gasteiger partial charge in [-0.25, -0.2) is 4.68 Å². The quantitative estimate of drug-likeness (QED) is 0.694. The summed E-state index contributed by atoms with van der Waals surface area (Å²) in [6, 6.07) is 0. The Kier molecular flexibility index (Phi) is 1.92. The molecule has 0 saturated heterocycles. The molecule has 76 valence electrons. The van der Waals surface area contributed by atoms with Crippen molar-refractivity contribution in [1.82, 2.24) is 15.0 Å². The Balaban J connectivity index is 2.27. The molecule has 1 heterocycles. The summed E-state index contributed by atoms with van der Waals surface area (Å²) in [7, 11) is 1.70. The van der Waals surface area contributed by atoms with Crippen molar-refractivity contribution >= 4 is 5.78 Å². The van der Waals surface area contributed by atoms with Crippen LogP contribution in [0.4, 0.5) is 0 Å². The fourth-order valence-corrected chi connectivity index (χ4v) is 1.64. The summed E-state index contributed by atoms with van der Waals surface area (Å²) in [5, 5.41) is 7.39. The van der Waals surface area contributed by atoms with E-state index in [9.17, 15) is 4.79 Å². The lowest BCUT2D eigenvalue weighted by atomic mass is 9.90. The summed E-state index contributed by atoms with van der Waals surface area (Å²) in [6.07, 6.45) is 3.56. The van der Waals surface area contributed by atoms with Gasteiger partial charge in [-0.1, -0.05) is 5.21 Å². The lowest BCUT2D eigenvalue weighted by molar-refractivity contribution is 0.0873. The Morgan fingerprint density at radius 1 is 1.71 bits per heavy atom. The van der Waals surface area contributed by atoms with Crippen LogP contribution in [-0.2, 0) is 7.05 Å². The van der Waals surface area contributed by atoms with Crippen molar-refractivity contribution in [2.45, 2.75) is 25.3 Å². The fourth-order valence-electron chi connectivity index (χ4n) is 1.64. The van der Waals surface area contributed by atoms with Gasteiger partial charge in [0.25, 0.3) is 0 Å². The second kappa shape index (κ2) is 2.88. The lowest BCUT2D eigenvalue weighted by Gasteiger charge is -2.21. The molecule has 1 atom stereocenters. The van der Waals surface area contributed by atoms with Gasteiger partial charge in [0.05, 0.1) is 11.7 Å². The molecule has 2 rings (SSSR count). The molecule has 0 amide bonds. The summed E-state index contributed by atoms with van der Waals surface area (Å²) in [6.45, 7) is 1.79. The number of hydrogen-bond donors (Lipinski definition) is 1. The van der Waals surface area contributed by atoms with Crippen LogP contribution in [0, 0.1) is 5.92 Å². The highest BCUT2D eigenvalue weighted by atomic mass is 16.1. The number of aromatic nitrogens is 3. The maximum atomic E-state index is 12.0. The van der Waals surface area contributed by atoms with E-state index >= 15 is 0 Å². The topological polar surface area (TPSA) is 73.8 Å². The number of carbonyl (C=O) groups excluding carboxylic acids is 1. The monoisotopic (exact) mass is 194 g/mol. The second-order valence-corrected chi connectivity index (χ2v) is 4.13. The number of rotatable bonds is 3. The molecular weight excluding hydrogens is 180 g/mol. The van der Waals surface area contributed by atoms with E-state index in [1.54, 1.807) is 14.0 Å². The van der Waals surface area contributed by atoms with Crippen molar-refractivity contribution < 1.29 is 4.79 Å². The van der Waals surface area contributed by atoms with E-state index in [1.807, 2.05) is 0 Å². The van der Waals surface area contributed by atoms with E-state index in [0.29, 0.717) is 11.6 Å². The van der Waals surface area contributed by atoms with Crippen molar-refractivity contribution in [3.63, 3.8) is 0 Å². The summed E-state index contributed by atoms with van der Waals surface area (Å²) >= 11 is 0. The SMILES string of the molecule is Cn1nncc1C(=O)C(C)(N)C1CC1. The van der Waals surface area contributed by atoms with Crippen molar-refractivity contribution in [3.8, 4) is 0 Å². The maximum Gasteiger partial charge on any atom is 0.202 e. The van der Waals surface area contributed by atoms with Crippen molar-refractivity contribution in [2.24, 2.45) is 18.7 Å². The molecule has 2 N–H and O–H groups in total. The fraction of sp³-hybridized carbons (Fsp3) is 0.667. The predicted octanol–water partition coefficient (Wildman–Crippen LogP) is 0.125. The van der Waals surface area contributed by atoms with Gasteiger partial charge in [0, 0.05) is 7.05 Å². The van der Waals surface area contributed by atoms with Crippen molar-refractivity contribution in [1.29, 1.82) is 0 Å². The van der Waals surface area contributed by atoms with Gasteiger partial charge < -0.3 is 5.73 Å². The number of aryl methyl sites for hydroxylation is 1. The molecule has 1 aromatic rings. The highest BCUT2D eigenvalue weighted by Crippen LogP contribution is 2.39. The van der Waals surface area contributed by atoms with Gasteiger partial charge in [-0.3, -0.25) is 4.79 Å². The van der Waals surface area contributed by atoms with Crippen LogP contribution in [0.3, 0.4) is 0 Å². The molecule has 0 radical (unpaired) electrons. The standard InChI is InChI=1S/C9H14N4O/c1-9(10,6-3-4-6)8(14)7-5-11-12-13(7)2/h5-6H,3-4,10H2,1-2H3. The molecule has 1 aromatic heterocycles. The van der Waals surface area contributed by atoms with E-state index in [-0.39, 0.29) is 5.78 Å². The molecule has 14 heavy (non-hydrogen) atoms. The first kappa shape index (κ1) is 9.33. The Hall–Kier alpha value is -1.23. The third-order valence-corrected chi connectivity index (χ3v) is 2.86. The van der Waals surface area contributed by atoms with Crippen molar-refractivity contribution in [2.75, 3.05) is 0 Å². The molecule has 5 nitrogen and oxygen atoms in total. The molecule has 1 aliphatic carbocycles. The van der Waals surface area contributed by atoms with Gasteiger partial charge in [-0.2, -0.15) is 0 Å². The molecule has 1 saturated carbocycles. The first-order valence-electron chi connectivity index (χ1n) is 4.72. The van der Waals surface area contributed by atoms with Crippen molar-refractivity contribution in [3.05, 3.63) is 11.9 Å². The zero-order chi connectivity index (χ0) is 10.3. The normalized spacial score (nSPS) is 20.5. The van der Waals surface area contributed by atoms with E-state index in [1.165, 1.54) is 10.9 Å². The second-order valence-electron chi connectivity index (χ2n) is 4.13. The molecule has 1 unspecified atom stereocenters. The average molecular weight is 194 g/mol. The van der Waals surface area contributed by atoms with Crippen LogP contribution in [0.5, 0.6) is 0 Å². The highest BCUT2D eigenvalue weighted by molar-refractivity contribution is 6.01. The third-order valence-electron chi connectivity index (χ3n) is 2.86. The number of nitrogens with zero attached hydrogens (tertiary/aromatic N) is 3. The minimum Gasteiger partial charge on any atom is -0.319 e. The molecule has 0 spiro atoms. The van der Waals surface area contributed by atoms with E-state index in [0.717, 1.165) is 12.8 Å². The van der Waals surface area contributed by atoms with Crippen LogP contribution < -0.4 is 5.73 Å². The minimum atomic E-state index is -0.754. The zero-order valence-corrected chi connectivity index (χ0v) is 8.40. The minimum absolute atomic E-state index is 0.0625. The van der Waals surface area contributed by atoms with Gasteiger partial charge in [-0.05, 0) is 25.7 Å². The molecular formula is C9H14N4O. The van der Waals surface area contributed by atoms with Gasteiger partial charge >= 0.3 is 0 Å². The average Bonchev–Trinajstić information content (AvgIpc) is 2.89. The molecule has 1 fully saturated rings. The number of carbonyl (C=O) groups is 1. The number of ketones is 1. The highest BCUT2D eigenvalue weighted by Gasteiger charge is 2.45. The smallest absolute Gasteiger partial charge is 0.202 e. The Morgan fingerprint density at radius 2 is 2.36 bits per heavy atom. The van der Waals surface area contributed by atoms with Gasteiger partial charge in [-0.15, -0.1) is 5.10 Å². The van der Waals surface area contributed by atoms with Crippen LogP contribution in [0.25, 0.3) is 0 Å². The van der Waals surface area contributed by atoms with Gasteiger partial charge in [0.15, 0.2) is 0 Å². The summed E-state index contributed by atoms with van der Waals surface area (Å²) in [4.78, 5) is 12.0. The number of nitrogens with two attached hydrogens (primary N) is 1. The lowest BCUT2D eigenvalue weighted by Crippen LogP contribution is -2.47. The Labute approximate surface area is 82.3 Å². The first-order valence-corrected chi connectivity index (χ1v) is 4.72. The van der Waals surface area contributed by atoms with Crippen LogP contribution in [0.2, 0.25) is 0 Å². The molecule has 0 bridgehead atoms. The molecule has 5 heteroatoms. The largest absolute Gasteiger partial charge is 0.319 e. The number of hydrogen-bond acceptors (Lipinski definition) is 4. The zero-order valence-electron chi connectivity index (χ0n) is 8.40. The molecule has 1 aliphatic rings. The molecule has 0 aromatic carbocycles. The van der Waals surface area contributed by atoms with Gasteiger partial charge in [0.1, 0.15) is 5.69 Å². The third kappa shape index (κ3) is 1.33. The van der Waals surface area contributed by atoms with E-state index < -0.39 is 5.54 Å².